The van der Waals surface area contributed by atoms with Crippen LogP contribution in [0.4, 0.5) is 0 Å². The van der Waals surface area contributed by atoms with Crippen LogP contribution in [0.3, 0.4) is 0 Å². The van der Waals surface area contributed by atoms with Gasteiger partial charge in [0.15, 0.2) is 6.04 Å². The van der Waals surface area contributed by atoms with Crippen LogP contribution in [0.25, 0.3) is 0 Å². The van der Waals surface area contributed by atoms with E-state index in [0.717, 1.165) is 12.8 Å². The predicted octanol–water partition coefficient (Wildman–Crippen LogP) is 3.29. The first-order valence-corrected chi connectivity index (χ1v) is 8.09. The summed E-state index contributed by atoms with van der Waals surface area (Å²) in [6.45, 7) is 1.87. The molecule has 0 radical (unpaired) electrons. The number of nitrogens with one attached hydrogen (secondary N) is 1. The SMILES string of the molecule is COC(=O)[C@@H](NC(=O)[C@@H](C)CCc1ccccc1)c1ccccc1. The molecule has 2 rings (SSSR count). The van der Waals surface area contributed by atoms with Crippen molar-refractivity contribution in [2.75, 3.05) is 7.11 Å². The summed E-state index contributed by atoms with van der Waals surface area (Å²) in [5, 5.41) is 2.81. The van der Waals surface area contributed by atoms with Crippen molar-refractivity contribution in [3.63, 3.8) is 0 Å². The summed E-state index contributed by atoms with van der Waals surface area (Å²) in [7, 11) is 1.32. The van der Waals surface area contributed by atoms with Crippen LogP contribution in [0.2, 0.25) is 0 Å². The van der Waals surface area contributed by atoms with E-state index in [1.54, 1.807) is 12.1 Å². The monoisotopic (exact) mass is 325 g/mol. The van der Waals surface area contributed by atoms with Gasteiger partial charge in [-0.05, 0) is 24.0 Å². The fourth-order valence-corrected chi connectivity index (χ4v) is 2.49. The first-order chi connectivity index (χ1) is 11.6. The average Bonchev–Trinajstić information content (AvgIpc) is 2.64. The highest BCUT2D eigenvalue weighted by Gasteiger charge is 2.25. The third-order valence-electron chi connectivity index (χ3n) is 4.01. The first-order valence-electron chi connectivity index (χ1n) is 8.09. The quantitative estimate of drug-likeness (QED) is 0.795. The van der Waals surface area contributed by atoms with Crippen LogP contribution in [0.1, 0.15) is 30.5 Å². The Morgan fingerprint density at radius 1 is 1.00 bits per heavy atom. The number of carbonyl (C=O) groups excluding carboxylic acids is 2. The highest BCUT2D eigenvalue weighted by Crippen LogP contribution is 2.16. The molecule has 0 unspecified atom stereocenters. The Morgan fingerprint density at radius 3 is 2.17 bits per heavy atom. The Kier molecular flexibility index (Phi) is 6.55. The molecule has 0 heterocycles. The van der Waals surface area contributed by atoms with Crippen molar-refractivity contribution in [3.8, 4) is 0 Å². The Balaban J connectivity index is 1.98. The normalized spacial score (nSPS) is 12.9. The maximum absolute atomic E-state index is 12.4. The maximum Gasteiger partial charge on any atom is 0.333 e. The van der Waals surface area contributed by atoms with Crippen molar-refractivity contribution in [2.45, 2.75) is 25.8 Å². The van der Waals surface area contributed by atoms with Gasteiger partial charge in [-0.15, -0.1) is 0 Å². The minimum absolute atomic E-state index is 0.148. The Hall–Kier alpha value is -2.62. The smallest absolute Gasteiger partial charge is 0.333 e. The van der Waals surface area contributed by atoms with E-state index in [4.69, 9.17) is 4.74 Å². The summed E-state index contributed by atoms with van der Waals surface area (Å²) in [5.41, 5.74) is 1.91. The zero-order valence-corrected chi connectivity index (χ0v) is 14.1. The Morgan fingerprint density at radius 2 is 1.58 bits per heavy atom. The molecule has 0 aliphatic carbocycles. The standard InChI is InChI=1S/C20H23NO3/c1-15(13-14-16-9-5-3-6-10-16)19(22)21-18(20(23)24-2)17-11-7-4-8-12-17/h3-12,15,18H,13-14H2,1-2H3,(H,21,22)/t15-,18-/m0/s1. The second-order valence-corrected chi connectivity index (χ2v) is 5.80. The summed E-state index contributed by atoms with van der Waals surface area (Å²) >= 11 is 0. The summed E-state index contributed by atoms with van der Waals surface area (Å²) in [6.07, 6.45) is 1.54. The zero-order valence-electron chi connectivity index (χ0n) is 14.1. The molecular formula is C20H23NO3. The van der Waals surface area contributed by atoms with Gasteiger partial charge in [-0.2, -0.15) is 0 Å². The van der Waals surface area contributed by atoms with Gasteiger partial charge >= 0.3 is 5.97 Å². The van der Waals surface area contributed by atoms with Gasteiger partial charge < -0.3 is 10.1 Å². The second-order valence-electron chi connectivity index (χ2n) is 5.80. The van der Waals surface area contributed by atoms with E-state index in [1.807, 2.05) is 55.5 Å². The van der Waals surface area contributed by atoms with Gasteiger partial charge in [-0.25, -0.2) is 4.79 Å². The number of methoxy groups -OCH3 is 1. The number of aryl methyl sites for hydroxylation is 1. The molecule has 0 aliphatic rings. The molecule has 4 nitrogen and oxygen atoms in total. The summed E-state index contributed by atoms with van der Waals surface area (Å²) in [4.78, 5) is 24.5. The number of benzene rings is 2. The van der Waals surface area contributed by atoms with E-state index < -0.39 is 12.0 Å². The molecule has 0 aromatic heterocycles. The van der Waals surface area contributed by atoms with Gasteiger partial charge in [0.25, 0.3) is 0 Å². The van der Waals surface area contributed by atoms with E-state index >= 15 is 0 Å². The molecule has 0 bridgehead atoms. The van der Waals surface area contributed by atoms with Crippen molar-refractivity contribution in [3.05, 3.63) is 71.8 Å². The molecular weight excluding hydrogens is 302 g/mol. The zero-order chi connectivity index (χ0) is 17.4. The molecule has 126 valence electrons. The predicted molar refractivity (Wildman–Crippen MR) is 93.3 cm³/mol. The fraction of sp³-hybridized carbons (Fsp3) is 0.300. The van der Waals surface area contributed by atoms with Crippen molar-refractivity contribution >= 4 is 11.9 Å². The van der Waals surface area contributed by atoms with Crippen LogP contribution in [-0.4, -0.2) is 19.0 Å². The minimum atomic E-state index is -0.775. The van der Waals surface area contributed by atoms with Crippen molar-refractivity contribution in [1.29, 1.82) is 0 Å². The third-order valence-corrected chi connectivity index (χ3v) is 4.01. The van der Waals surface area contributed by atoms with Gasteiger partial charge in [0.05, 0.1) is 7.11 Å². The summed E-state index contributed by atoms with van der Waals surface area (Å²) in [5.74, 6) is -0.809. The van der Waals surface area contributed by atoms with Crippen LogP contribution in [-0.2, 0) is 20.7 Å². The molecule has 0 saturated carbocycles. The number of esters is 1. The first kappa shape index (κ1) is 17.7. The second kappa shape index (κ2) is 8.87. The van der Waals surface area contributed by atoms with Crippen LogP contribution in [0, 0.1) is 5.92 Å². The molecule has 1 N–H and O–H groups in total. The molecule has 4 heteroatoms. The van der Waals surface area contributed by atoms with Crippen LogP contribution < -0.4 is 5.32 Å². The number of hydrogen-bond acceptors (Lipinski definition) is 3. The van der Waals surface area contributed by atoms with Gasteiger partial charge in [-0.1, -0.05) is 67.6 Å². The lowest BCUT2D eigenvalue weighted by atomic mass is 9.99. The summed E-state index contributed by atoms with van der Waals surface area (Å²) in [6, 6.07) is 18.4. The number of ether oxygens (including phenoxy) is 1. The molecule has 24 heavy (non-hydrogen) atoms. The molecule has 0 spiro atoms. The number of carbonyl (C=O) groups is 2. The van der Waals surface area contributed by atoms with Gasteiger partial charge in [0.2, 0.25) is 5.91 Å². The largest absolute Gasteiger partial charge is 0.467 e. The van der Waals surface area contributed by atoms with Gasteiger partial charge in [-0.3, -0.25) is 4.79 Å². The topological polar surface area (TPSA) is 55.4 Å². The lowest BCUT2D eigenvalue weighted by molar-refractivity contribution is -0.145. The van der Waals surface area contributed by atoms with Crippen molar-refractivity contribution in [1.82, 2.24) is 5.32 Å². The highest BCUT2D eigenvalue weighted by molar-refractivity contribution is 5.86. The van der Waals surface area contributed by atoms with Crippen molar-refractivity contribution < 1.29 is 14.3 Å². The molecule has 1 amide bonds. The molecule has 0 aliphatic heterocycles. The van der Waals surface area contributed by atoms with E-state index in [9.17, 15) is 9.59 Å². The van der Waals surface area contributed by atoms with Crippen LogP contribution in [0.15, 0.2) is 60.7 Å². The fourth-order valence-electron chi connectivity index (χ4n) is 2.49. The van der Waals surface area contributed by atoms with E-state index in [-0.39, 0.29) is 11.8 Å². The Bertz CT molecular complexity index is 655. The van der Waals surface area contributed by atoms with Gasteiger partial charge in [0, 0.05) is 5.92 Å². The highest BCUT2D eigenvalue weighted by atomic mass is 16.5. The van der Waals surface area contributed by atoms with E-state index in [2.05, 4.69) is 5.32 Å². The van der Waals surface area contributed by atoms with E-state index in [1.165, 1.54) is 12.7 Å². The minimum Gasteiger partial charge on any atom is -0.467 e. The Labute approximate surface area is 142 Å². The third kappa shape index (κ3) is 4.95. The number of amides is 1. The van der Waals surface area contributed by atoms with E-state index in [0.29, 0.717) is 5.56 Å². The lowest BCUT2D eigenvalue weighted by Crippen LogP contribution is -2.37. The van der Waals surface area contributed by atoms with Crippen LogP contribution in [0.5, 0.6) is 0 Å². The van der Waals surface area contributed by atoms with Gasteiger partial charge in [0.1, 0.15) is 0 Å². The molecule has 0 fully saturated rings. The maximum atomic E-state index is 12.4. The number of hydrogen-bond donors (Lipinski definition) is 1. The molecule has 2 atom stereocenters. The molecule has 2 aromatic rings. The average molecular weight is 325 g/mol. The van der Waals surface area contributed by atoms with Crippen LogP contribution >= 0.6 is 0 Å². The summed E-state index contributed by atoms with van der Waals surface area (Å²) < 4.78 is 4.82. The number of rotatable bonds is 7. The molecule has 2 aromatic carbocycles. The molecule has 0 saturated heterocycles. The lowest BCUT2D eigenvalue weighted by Gasteiger charge is -2.19. The van der Waals surface area contributed by atoms with Crippen molar-refractivity contribution in [2.24, 2.45) is 5.92 Å².